The van der Waals surface area contributed by atoms with E-state index in [2.05, 4.69) is 20.8 Å². The Labute approximate surface area is 84.1 Å². The van der Waals surface area contributed by atoms with Crippen molar-refractivity contribution in [3.8, 4) is 0 Å². The van der Waals surface area contributed by atoms with Gasteiger partial charge in [0, 0.05) is 0 Å². The molecular weight excluding hydrogens is 160 g/mol. The van der Waals surface area contributed by atoms with E-state index in [4.69, 9.17) is 11.5 Å². The molecule has 0 spiro atoms. The van der Waals surface area contributed by atoms with Crippen LogP contribution < -0.4 is 11.5 Å². The summed E-state index contributed by atoms with van der Waals surface area (Å²) < 4.78 is 0. The molecule has 0 heterocycles. The number of rotatable bonds is 6. The summed E-state index contributed by atoms with van der Waals surface area (Å²) in [7, 11) is 0. The van der Waals surface area contributed by atoms with E-state index in [9.17, 15) is 0 Å². The van der Waals surface area contributed by atoms with Crippen LogP contribution in [0.1, 0.15) is 52.9 Å². The molecule has 4 N–H and O–H groups in total. The number of unbranched alkanes of at least 4 members (excludes halogenated alkanes) is 1. The van der Waals surface area contributed by atoms with Crippen LogP contribution in [0.25, 0.3) is 0 Å². The second-order valence-corrected chi connectivity index (χ2v) is 3.44. The van der Waals surface area contributed by atoms with E-state index in [0.29, 0.717) is 0 Å². The van der Waals surface area contributed by atoms with E-state index in [1.54, 1.807) is 0 Å². The lowest BCUT2D eigenvalue weighted by molar-refractivity contribution is 0.461. The predicted octanol–water partition coefficient (Wildman–Crippen LogP) is 2.52. The lowest BCUT2D eigenvalue weighted by Gasteiger charge is -2.09. The van der Waals surface area contributed by atoms with Gasteiger partial charge in [-0.2, -0.15) is 0 Å². The molecule has 0 amide bonds. The molecule has 0 aliphatic heterocycles. The van der Waals surface area contributed by atoms with Crippen LogP contribution in [0.15, 0.2) is 0 Å². The Bertz CT molecular complexity index is 68.5. The van der Waals surface area contributed by atoms with E-state index < -0.39 is 0 Å². The van der Waals surface area contributed by atoms with Crippen LogP contribution in [0.5, 0.6) is 0 Å². The summed E-state index contributed by atoms with van der Waals surface area (Å²) >= 11 is 0. The Morgan fingerprint density at radius 3 is 1.77 bits per heavy atom. The molecule has 82 valence electrons. The molecule has 1 unspecified atom stereocenters. The van der Waals surface area contributed by atoms with Crippen molar-refractivity contribution in [2.75, 3.05) is 13.1 Å². The third-order valence-corrected chi connectivity index (χ3v) is 2.17. The van der Waals surface area contributed by atoms with Gasteiger partial charge in [0.1, 0.15) is 0 Å². The predicted molar refractivity (Wildman–Crippen MR) is 61.7 cm³/mol. The summed E-state index contributed by atoms with van der Waals surface area (Å²) in [5.41, 5.74) is 10.6. The summed E-state index contributed by atoms with van der Waals surface area (Å²) in [6.07, 6.45) is 6.31. The molecule has 2 nitrogen and oxygen atoms in total. The Kier molecular flexibility index (Phi) is 17.1. The van der Waals surface area contributed by atoms with Crippen molar-refractivity contribution in [1.29, 1.82) is 0 Å². The first-order chi connectivity index (χ1) is 6.26. The molecule has 0 aromatic heterocycles. The van der Waals surface area contributed by atoms with Crippen LogP contribution in [-0.2, 0) is 0 Å². The van der Waals surface area contributed by atoms with Gasteiger partial charge in [-0.1, -0.05) is 40.0 Å². The molecule has 0 aromatic rings. The summed E-state index contributed by atoms with van der Waals surface area (Å²) in [5.74, 6) is 0.782. The number of hydrogen-bond acceptors (Lipinski definition) is 2. The second-order valence-electron chi connectivity index (χ2n) is 3.44. The first kappa shape index (κ1) is 15.4. The van der Waals surface area contributed by atoms with Gasteiger partial charge in [0.25, 0.3) is 0 Å². The fourth-order valence-corrected chi connectivity index (χ4v) is 0.981. The highest BCUT2D eigenvalue weighted by molar-refractivity contribution is 4.56. The monoisotopic (exact) mass is 188 g/mol. The zero-order chi connectivity index (χ0) is 10.5. The number of hydrogen-bond donors (Lipinski definition) is 2. The highest BCUT2D eigenvalue weighted by atomic mass is 14.5. The van der Waals surface area contributed by atoms with Crippen molar-refractivity contribution < 1.29 is 0 Å². The molecule has 1 atom stereocenters. The van der Waals surface area contributed by atoms with Crippen LogP contribution in [0.2, 0.25) is 0 Å². The van der Waals surface area contributed by atoms with Gasteiger partial charge in [0.2, 0.25) is 0 Å². The molecule has 2 heteroatoms. The SMILES string of the molecule is CCCCC(CC)CN.CCCN. The van der Waals surface area contributed by atoms with Gasteiger partial charge in [0.15, 0.2) is 0 Å². The van der Waals surface area contributed by atoms with Crippen molar-refractivity contribution in [2.24, 2.45) is 17.4 Å². The summed E-state index contributed by atoms with van der Waals surface area (Å²) in [4.78, 5) is 0. The van der Waals surface area contributed by atoms with Crippen molar-refractivity contribution in [3.05, 3.63) is 0 Å². The minimum absolute atomic E-state index is 0.782. The quantitative estimate of drug-likeness (QED) is 0.673. The average molecular weight is 188 g/mol. The van der Waals surface area contributed by atoms with E-state index in [1.807, 2.05) is 0 Å². The van der Waals surface area contributed by atoms with Crippen molar-refractivity contribution in [1.82, 2.24) is 0 Å². The van der Waals surface area contributed by atoms with Gasteiger partial charge in [-0.15, -0.1) is 0 Å². The standard InChI is InChI=1S/C8H19N.C3H9N/c1-3-5-6-8(4-2)7-9;1-2-3-4/h8H,3-7,9H2,1-2H3;2-4H2,1H3. The maximum Gasteiger partial charge on any atom is -0.00490 e. The normalized spacial score (nSPS) is 11.8. The number of nitrogens with two attached hydrogens (primary N) is 2. The van der Waals surface area contributed by atoms with Crippen molar-refractivity contribution in [2.45, 2.75) is 52.9 Å². The largest absolute Gasteiger partial charge is 0.330 e. The molecule has 0 aromatic carbocycles. The fraction of sp³-hybridized carbons (Fsp3) is 1.00. The minimum atomic E-state index is 0.782. The lowest BCUT2D eigenvalue weighted by atomic mass is 10.00. The van der Waals surface area contributed by atoms with E-state index in [0.717, 1.165) is 25.4 Å². The van der Waals surface area contributed by atoms with E-state index in [1.165, 1.54) is 25.7 Å². The Morgan fingerprint density at radius 2 is 1.54 bits per heavy atom. The smallest absolute Gasteiger partial charge is 0.00490 e. The lowest BCUT2D eigenvalue weighted by Crippen LogP contribution is -2.12. The van der Waals surface area contributed by atoms with Gasteiger partial charge in [-0.3, -0.25) is 0 Å². The highest BCUT2D eigenvalue weighted by Crippen LogP contribution is 2.09. The van der Waals surface area contributed by atoms with Crippen LogP contribution in [0, 0.1) is 5.92 Å². The van der Waals surface area contributed by atoms with Crippen LogP contribution in [0.3, 0.4) is 0 Å². The average Bonchev–Trinajstić information content (AvgIpc) is 2.20. The Balaban J connectivity index is 0. The molecule has 0 aliphatic rings. The van der Waals surface area contributed by atoms with Crippen LogP contribution in [0.4, 0.5) is 0 Å². The maximum atomic E-state index is 5.52. The minimum Gasteiger partial charge on any atom is -0.330 e. The summed E-state index contributed by atoms with van der Waals surface area (Å²) in [5, 5.41) is 0. The summed E-state index contributed by atoms with van der Waals surface area (Å²) in [6, 6.07) is 0. The molecule has 0 fully saturated rings. The van der Waals surface area contributed by atoms with Gasteiger partial charge < -0.3 is 11.5 Å². The van der Waals surface area contributed by atoms with E-state index in [-0.39, 0.29) is 0 Å². The zero-order valence-corrected chi connectivity index (χ0v) is 9.68. The molecule has 13 heavy (non-hydrogen) atoms. The van der Waals surface area contributed by atoms with E-state index >= 15 is 0 Å². The zero-order valence-electron chi connectivity index (χ0n) is 9.68. The summed E-state index contributed by atoms with van der Waals surface area (Å²) in [6.45, 7) is 8.19. The van der Waals surface area contributed by atoms with Crippen LogP contribution >= 0.6 is 0 Å². The van der Waals surface area contributed by atoms with Gasteiger partial charge in [-0.25, -0.2) is 0 Å². The molecular formula is C11H28N2. The molecule has 0 bridgehead atoms. The molecule has 0 radical (unpaired) electrons. The van der Waals surface area contributed by atoms with Gasteiger partial charge in [-0.05, 0) is 31.8 Å². The third kappa shape index (κ3) is 14.7. The topological polar surface area (TPSA) is 52.0 Å². The van der Waals surface area contributed by atoms with Gasteiger partial charge in [0.05, 0.1) is 0 Å². The molecule has 0 rings (SSSR count). The molecule has 0 aliphatic carbocycles. The Morgan fingerprint density at radius 1 is 1.00 bits per heavy atom. The third-order valence-electron chi connectivity index (χ3n) is 2.17. The second kappa shape index (κ2) is 14.4. The maximum absolute atomic E-state index is 5.52. The first-order valence-corrected chi connectivity index (χ1v) is 5.66. The molecule has 0 saturated heterocycles. The van der Waals surface area contributed by atoms with Gasteiger partial charge >= 0.3 is 0 Å². The van der Waals surface area contributed by atoms with Crippen LogP contribution in [-0.4, -0.2) is 13.1 Å². The molecule has 0 saturated carbocycles. The first-order valence-electron chi connectivity index (χ1n) is 5.66. The Hall–Kier alpha value is -0.0800. The fourth-order valence-electron chi connectivity index (χ4n) is 0.981. The van der Waals surface area contributed by atoms with Crippen molar-refractivity contribution >= 4 is 0 Å². The van der Waals surface area contributed by atoms with Crippen molar-refractivity contribution in [3.63, 3.8) is 0 Å². The highest BCUT2D eigenvalue weighted by Gasteiger charge is 2.00.